The predicted octanol–water partition coefficient (Wildman–Crippen LogP) is 3.66. The summed E-state index contributed by atoms with van der Waals surface area (Å²) in [5, 5.41) is 1.73. The van der Waals surface area contributed by atoms with Crippen molar-refractivity contribution in [1.82, 2.24) is 19.8 Å². The fourth-order valence-corrected chi connectivity index (χ4v) is 6.00. The Hall–Kier alpha value is -3.27. The number of rotatable bonds is 3. The van der Waals surface area contributed by atoms with Gasteiger partial charge in [-0.2, -0.15) is 4.99 Å². The summed E-state index contributed by atoms with van der Waals surface area (Å²) in [7, 11) is 2.18. The largest absolute Gasteiger partial charge is 0.378 e. The number of amidine groups is 1. The van der Waals surface area contributed by atoms with Crippen LogP contribution in [0.2, 0.25) is 0 Å². The van der Waals surface area contributed by atoms with Crippen LogP contribution in [-0.4, -0.2) is 90.4 Å². The Labute approximate surface area is 221 Å². The summed E-state index contributed by atoms with van der Waals surface area (Å²) < 4.78 is 5.42. The zero-order valence-electron chi connectivity index (χ0n) is 21.2. The van der Waals surface area contributed by atoms with Gasteiger partial charge in [0.15, 0.2) is 5.17 Å². The molecular weight excluding hydrogens is 484 g/mol. The minimum atomic E-state index is -0.189. The van der Waals surface area contributed by atoms with E-state index in [1.54, 1.807) is 6.33 Å². The normalized spacial score (nSPS) is 20.2. The molecule has 2 saturated heterocycles. The summed E-state index contributed by atoms with van der Waals surface area (Å²) in [6.45, 7) is 9.26. The number of thioether (sulfide) groups is 1. The number of aromatic nitrogens is 2. The number of aryl methyl sites for hydroxylation is 1. The van der Waals surface area contributed by atoms with Crippen molar-refractivity contribution in [2.75, 3.05) is 64.4 Å². The highest BCUT2D eigenvalue weighted by Gasteiger charge is 2.27. The number of carbonyl (C=O) groups is 1. The van der Waals surface area contributed by atoms with E-state index in [9.17, 15) is 4.79 Å². The third-order valence-electron chi connectivity index (χ3n) is 7.16. The van der Waals surface area contributed by atoms with E-state index >= 15 is 0 Å². The number of hydrogen-bond acceptors (Lipinski definition) is 8. The lowest BCUT2D eigenvalue weighted by Gasteiger charge is -2.35. The Balaban J connectivity index is 1.28. The van der Waals surface area contributed by atoms with E-state index in [1.807, 2.05) is 18.2 Å². The number of benzene rings is 2. The summed E-state index contributed by atoms with van der Waals surface area (Å²) in [4.78, 5) is 33.7. The molecule has 0 atom stereocenters. The predicted molar refractivity (Wildman–Crippen MR) is 150 cm³/mol. The van der Waals surface area contributed by atoms with Crippen LogP contribution in [0.4, 0.5) is 5.69 Å². The van der Waals surface area contributed by atoms with Gasteiger partial charge < -0.3 is 19.4 Å². The lowest BCUT2D eigenvalue weighted by atomic mass is 10.0. The fourth-order valence-electron chi connectivity index (χ4n) is 5.04. The molecule has 3 aliphatic heterocycles. The molecular formula is C28H30N6O2S. The van der Waals surface area contributed by atoms with Crippen LogP contribution in [0.25, 0.3) is 28.2 Å². The topological polar surface area (TPSA) is 74.2 Å². The average Bonchev–Trinajstić information content (AvgIpc) is 3.29. The second-order valence-electron chi connectivity index (χ2n) is 9.70. The number of anilines is 1. The van der Waals surface area contributed by atoms with Gasteiger partial charge in [0.2, 0.25) is 0 Å². The number of fused-ring (bicyclic) bond motifs is 1. The lowest BCUT2D eigenvalue weighted by molar-refractivity contribution is -0.113. The molecule has 0 saturated carbocycles. The monoisotopic (exact) mass is 514 g/mol. The maximum absolute atomic E-state index is 12.6. The Kier molecular flexibility index (Phi) is 6.67. The van der Waals surface area contributed by atoms with Crippen molar-refractivity contribution in [3.63, 3.8) is 0 Å². The first kappa shape index (κ1) is 24.1. The van der Waals surface area contributed by atoms with E-state index < -0.39 is 0 Å². The molecule has 190 valence electrons. The fraction of sp³-hybridized carbons (Fsp3) is 0.357. The van der Waals surface area contributed by atoms with Gasteiger partial charge in [-0.15, -0.1) is 0 Å². The summed E-state index contributed by atoms with van der Waals surface area (Å²) >= 11 is 1.44. The van der Waals surface area contributed by atoms with Crippen LogP contribution in [0.1, 0.15) is 11.1 Å². The van der Waals surface area contributed by atoms with Crippen LogP contribution in [-0.2, 0) is 9.53 Å². The van der Waals surface area contributed by atoms with Crippen molar-refractivity contribution >= 4 is 45.5 Å². The van der Waals surface area contributed by atoms with Gasteiger partial charge in [0, 0.05) is 55.9 Å². The number of likely N-dealkylation sites (N-methyl/N-ethyl adjacent to an activating group) is 1. The highest BCUT2D eigenvalue weighted by molar-refractivity contribution is 8.18. The van der Waals surface area contributed by atoms with E-state index in [2.05, 4.69) is 67.9 Å². The summed E-state index contributed by atoms with van der Waals surface area (Å²) in [5.74, 6) is -0.189. The third-order valence-corrected chi connectivity index (χ3v) is 8.21. The first-order valence-corrected chi connectivity index (χ1v) is 13.5. The van der Waals surface area contributed by atoms with E-state index in [0.29, 0.717) is 18.1 Å². The molecule has 0 N–H and O–H groups in total. The summed E-state index contributed by atoms with van der Waals surface area (Å²) in [5.41, 5.74) is 6.30. The molecule has 37 heavy (non-hydrogen) atoms. The maximum atomic E-state index is 12.6. The molecule has 0 unspecified atom stereocenters. The molecule has 6 rings (SSSR count). The minimum absolute atomic E-state index is 0.189. The van der Waals surface area contributed by atoms with E-state index in [1.165, 1.54) is 23.0 Å². The number of amides is 1. The molecule has 0 bridgehead atoms. The lowest BCUT2D eigenvalue weighted by Crippen LogP contribution is -2.44. The number of nitrogens with zero attached hydrogens (tertiary/aromatic N) is 6. The first-order chi connectivity index (χ1) is 18.0. The molecule has 4 heterocycles. The third kappa shape index (κ3) is 4.99. The van der Waals surface area contributed by atoms with Gasteiger partial charge in [-0.25, -0.2) is 9.97 Å². The summed E-state index contributed by atoms with van der Waals surface area (Å²) in [6.07, 6.45) is 3.54. The van der Waals surface area contributed by atoms with Gasteiger partial charge in [0.05, 0.1) is 29.3 Å². The molecule has 3 aromatic rings. The van der Waals surface area contributed by atoms with Gasteiger partial charge >= 0.3 is 0 Å². The average molecular weight is 515 g/mol. The van der Waals surface area contributed by atoms with Crippen molar-refractivity contribution in [2.45, 2.75) is 6.92 Å². The van der Waals surface area contributed by atoms with Crippen molar-refractivity contribution in [3.05, 3.63) is 58.8 Å². The zero-order chi connectivity index (χ0) is 25.4. The molecule has 8 nitrogen and oxygen atoms in total. The van der Waals surface area contributed by atoms with Crippen LogP contribution in [0.3, 0.4) is 0 Å². The molecule has 3 aliphatic rings. The van der Waals surface area contributed by atoms with E-state index in [4.69, 9.17) is 4.74 Å². The highest BCUT2D eigenvalue weighted by atomic mass is 32.2. The van der Waals surface area contributed by atoms with Crippen molar-refractivity contribution in [2.24, 2.45) is 4.99 Å². The molecule has 1 aromatic heterocycles. The van der Waals surface area contributed by atoms with Crippen molar-refractivity contribution < 1.29 is 9.53 Å². The molecule has 2 fully saturated rings. The number of ether oxygens (including phenoxy) is 1. The Morgan fingerprint density at radius 1 is 0.946 bits per heavy atom. The summed E-state index contributed by atoms with van der Waals surface area (Å²) in [6, 6.07) is 12.7. The van der Waals surface area contributed by atoms with Crippen LogP contribution in [0.15, 0.2) is 52.6 Å². The molecule has 1 amide bonds. The van der Waals surface area contributed by atoms with Gasteiger partial charge in [-0.1, -0.05) is 12.1 Å². The number of morpholine rings is 1. The van der Waals surface area contributed by atoms with E-state index in [-0.39, 0.29) is 5.91 Å². The molecule has 9 heteroatoms. The van der Waals surface area contributed by atoms with Crippen molar-refractivity contribution in [3.8, 4) is 11.3 Å². The quantitative estimate of drug-likeness (QED) is 0.491. The van der Waals surface area contributed by atoms with Gasteiger partial charge in [-0.3, -0.25) is 4.79 Å². The molecule has 2 aromatic carbocycles. The van der Waals surface area contributed by atoms with Gasteiger partial charge in [0.25, 0.3) is 5.91 Å². The smallest absolute Gasteiger partial charge is 0.286 e. The van der Waals surface area contributed by atoms with Crippen LogP contribution in [0, 0.1) is 6.92 Å². The Bertz CT molecular complexity index is 1410. The Morgan fingerprint density at radius 3 is 2.54 bits per heavy atom. The van der Waals surface area contributed by atoms with Crippen molar-refractivity contribution in [1.29, 1.82) is 0 Å². The van der Waals surface area contributed by atoms with Crippen LogP contribution < -0.4 is 4.90 Å². The van der Waals surface area contributed by atoms with E-state index in [0.717, 1.165) is 72.2 Å². The number of carbonyl (C=O) groups excluding carboxylic acids is 1. The minimum Gasteiger partial charge on any atom is -0.378 e. The van der Waals surface area contributed by atoms with Gasteiger partial charge in [-0.05, 0) is 67.2 Å². The zero-order valence-corrected chi connectivity index (χ0v) is 22.0. The van der Waals surface area contributed by atoms with Crippen LogP contribution in [0.5, 0.6) is 0 Å². The standard InChI is InChI=1S/C28H30N6O2S/c1-19-15-21(4-6-24(19)33-9-7-32(2)8-10-33)26-22-16-20(3-5-23(22)29-18-30-26)17-25-27(35)31-28(37-25)34-11-13-36-14-12-34/h3-6,15-18H,7-14H2,1-2H3. The highest BCUT2D eigenvalue weighted by Crippen LogP contribution is 2.33. The Morgan fingerprint density at radius 2 is 1.76 bits per heavy atom. The second-order valence-corrected chi connectivity index (χ2v) is 10.7. The number of hydrogen-bond donors (Lipinski definition) is 0. The van der Waals surface area contributed by atoms with Gasteiger partial charge in [0.1, 0.15) is 6.33 Å². The molecule has 0 spiro atoms. The number of piperazine rings is 1. The number of aliphatic imine (C=N–C) groups is 1. The molecule has 0 radical (unpaired) electrons. The second kappa shape index (κ2) is 10.2. The molecule has 0 aliphatic carbocycles. The maximum Gasteiger partial charge on any atom is 0.286 e. The van der Waals surface area contributed by atoms with Crippen LogP contribution >= 0.6 is 11.8 Å². The SMILES string of the molecule is Cc1cc(-c2ncnc3ccc(C=C4SC(N5CCOCC5)=NC4=O)cc23)ccc1N1CCN(C)CC1. The first-order valence-electron chi connectivity index (χ1n) is 12.7.